The van der Waals surface area contributed by atoms with Gasteiger partial charge in [0.1, 0.15) is 0 Å². The second-order valence-corrected chi connectivity index (χ2v) is 5.11. The molecule has 0 saturated heterocycles. The molecule has 0 aliphatic heterocycles. The minimum absolute atomic E-state index is 0.0454. The number of nitrogens with zero attached hydrogens (tertiary/aromatic N) is 2. The zero-order chi connectivity index (χ0) is 13.5. The minimum Gasteiger partial charge on any atom is -0.409 e. The van der Waals surface area contributed by atoms with Gasteiger partial charge in [-0.3, -0.25) is 4.79 Å². The molecule has 0 fully saturated rings. The topological polar surface area (TPSA) is 78.9 Å². The van der Waals surface area contributed by atoms with Crippen LogP contribution in [0.15, 0.2) is 17.3 Å². The Morgan fingerprint density at radius 3 is 2.72 bits per heavy atom. The number of oxime groups is 1. The van der Waals surface area contributed by atoms with Gasteiger partial charge in [-0.1, -0.05) is 19.0 Å². The average Bonchev–Trinajstić information content (AvgIpc) is 2.85. The number of thiophene rings is 1. The van der Waals surface area contributed by atoms with E-state index in [0.717, 1.165) is 12.8 Å². The van der Waals surface area contributed by atoms with Crippen molar-refractivity contribution in [2.24, 2.45) is 10.9 Å². The molecule has 0 spiro atoms. The van der Waals surface area contributed by atoms with Crippen LogP contribution in [0.4, 0.5) is 0 Å². The molecule has 0 unspecified atom stereocenters. The SMILES string of the molecule is CCCN(C/C(N)=N/O)C(=O)c1ccc(CC)s1. The largest absolute Gasteiger partial charge is 0.409 e. The average molecular weight is 269 g/mol. The van der Waals surface area contributed by atoms with E-state index in [-0.39, 0.29) is 18.3 Å². The van der Waals surface area contributed by atoms with Crippen molar-refractivity contribution in [3.63, 3.8) is 0 Å². The number of aryl methyl sites for hydroxylation is 1. The standard InChI is InChI=1S/C12H19N3O2S/c1-3-7-15(8-11(13)14-17)12(16)10-6-5-9(4-2)18-10/h5-6,17H,3-4,7-8H2,1-2H3,(H2,13,14). The lowest BCUT2D eigenvalue weighted by atomic mass is 10.3. The van der Waals surface area contributed by atoms with Gasteiger partial charge in [-0.25, -0.2) is 0 Å². The van der Waals surface area contributed by atoms with Gasteiger partial charge in [0.2, 0.25) is 0 Å². The molecule has 0 aliphatic carbocycles. The number of hydrogen-bond donors (Lipinski definition) is 2. The van der Waals surface area contributed by atoms with Gasteiger partial charge in [-0.2, -0.15) is 0 Å². The second kappa shape index (κ2) is 7.00. The zero-order valence-corrected chi connectivity index (χ0v) is 11.5. The Kier molecular flexibility index (Phi) is 5.64. The van der Waals surface area contributed by atoms with Gasteiger partial charge in [-0.05, 0) is 25.0 Å². The van der Waals surface area contributed by atoms with Crippen molar-refractivity contribution >= 4 is 23.1 Å². The van der Waals surface area contributed by atoms with Gasteiger partial charge in [0.25, 0.3) is 5.91 Å². The van der Waals surface area contributed by atoms with Crippen LogP contribution in [0.3, 0.4) is 0 Å². The maximum absolute atomic E-state index is 12.3. The molecule has 1 heterocycles. The monoisotopic (exact) mass is 269 g/mol. The highest BCUT2D eigenvalue weighted by molar-refractivity contribution is 7.14. The number of carbonyl (C=O) groups excluding carboxylic acids is 1. The smallest absolute Gasteiger partial charge is 0.264 e. The van der Waals surface area contributed by atoms with E-state index in [0.29, 0.717) is 11.4 Å². The van der Waals surface area contributed by atoms with E-state index in [2.05, 4.69) is 12.1 Å². The number of amidine groups is 1. The molecule has 1 aromatic heterocycles. The first-order chi connectivity index (χ1) is 8.62. The van der Waals surface area contributed by atoms with Gasteiger partial charge in [-0.15, -0.1) is 11.3 Å². The summed E-state index contributed by atoms with van der Waals surface area (Å²) in [5, 5.41) is 11.5. The quantitative estimate of drug-likeness (QED) is 0.358. The van der Waals surface area contributed by atoms with Crippen molar-refractivity contribution < 1.29 is 10.0 Å². The molecule has 0 atom stereocenters. The van der Waals surface area contributed by atoms with Gasteiger partial charge < -0.3 is 15.8 Å². The predicted molar refractivity (Wildman–Crippen MR) is 73.3 cm³/mol. The van der Waals surface area contributed by atoms with E-state index in [9.17, 15) is 4.79 Å². The summed E-state index contributed by atoms with van der Waals surface area (Å²) in [7, 11) is 0. The molecular weight excluding hydrogens is 250 g/mol. The number of rotatable bonds is 6. The summed E-state index contributed by atoms with van der Waals surface area (Å²) in [5.41, 5.74) is 5.46. The predicted octanol–water partition coefficient (Wildman–Crippen LogP) is 1.91. The molecule has 0 saturated carbocycles. The molecule has 18 heavy (non-hydrogen) atoms. The molecule has 0 bridgehead atoms. The normalized spacial score (nSPS) is 11.6. The molecule has 1 amide bonds. The van der Waals surface area contributed by atoms with E-state index in [1.807, 2.05) is 19.1 Å². The molecule has 0 radical (unpaired) electrons. The minimum atomic E-state index is -0.0619. The van der Waals surface area contributed by atoms with Crippen molar-refractivity contribution in [2.45, 2.75) is 26.7 Å². The van der Waals surface area contributed by atoms with Crippen LogP contribution in [0.5, 0.6) is 0 Å². The fourth-order valence-corrected chi connectivity index (χ4v) is 2.50. The highest BCUT2D eigenvalue weighted by atomic mass is 32.1. The third-order valence-corrected chi connectivity index (χ3v) is 3.70. The fourth-order valence-electron chi connectivity index (χ4n) is 1.59. The van der Waals surface area contributed by atoms with Crippen LogP contribution in [0.25, 0.3) is 0 Å². The van der Waals surface area contributed by atoms with Gasteiger partial charge in [0, 0.05) is 11.4 Å². The Balaban J connectivity index is 2.81. The highest BCUT2D eigenvalue weighted by Crippen LogP contribution is 2.18. The number of nitrogens with two attached hydrogens (primary N) is 1. The molecule has 0 aromatic carbocycles. The Bertz CT molecular complexity index is 429. The summed E-state index contributed by atoms with van der Waals surface area (Å²) in [6.07, 6.45) is 1.75. The zero-order valence-electron chi connectivity index (χ0n) is 10.7. The highest BCUT2D eigenvalue weighted by Gasteiger charge is 2.18. The summed E-state index contributed by atoms with van der Waals surface area (Å²) >= 11 is 1.50. The van der Waals surface area contributed by atoms with E-state index >= 15 is 0 Å². The lowest BCUT2D eigenvalue weighted by Gasteiger charge is -2.20. The van der Waals surface area contributed by atoms with Crippen molar-refractivity contribution in [1.82, 2.24) is 4.90 Å². The molecule has 5 nitrogen and oxygen atoms in total. The van der Waals surface area contributed by atoms with E-state index < -0.39 is 0 Å². The molecular formula is C12H19N3O2S. The lowest BCUT2D eigenvalue weighted by Crippen LogP contribution is -2.38. The van der Waals surface area contributed by atoms with E-state index in [4.69, 9.17) is 10.9 Å². The Morgan fingerprint density at radius 1 is 1.50 bits per heavy atom. The third kappa shape index (κ3) is 3.73. The first-order valence-corrected chi connectivity index (χ1v) is 6.78. The number of carbonyl (C=O) groups is 1. The van der Waals surface area contributed by atoms with E-state index in [1.54, 1.807) is 4.90 Å². The van der Waals surface area contributed by atoms with Crippen molar-refractivity contribution in [1.29, 1.82) is 0 Å². The van der Waals surface area contributed by atoms with Crippen LogP contribution in [0.1, 0.15) is 34.8 Å². The first kappa shape index (κ1) is 14.5. The maximum atomic E-state index is 12.3. The van der Waals surface area contributed by atoms with E-state index in [1.165, 1.54) is 16.2 Å². The Labute approximate surface area is 111 Å². The molecule has 1 aromatic rings. The van der Waals surface area contributed by atoms with Crippen LogP contribution in [0, 0.1) is 0 Å². The Hall–Kier alpha value is -1.56. The lowest BCUT2D eigenvalue weighted by molar-refractivity contribution is 0.0783. The third-order valence-electron chi connectivity index (χ3n) is 2.48. The molecule has 3 N–H and O–H groups in total. The summed E-state index contributed by atoms with van der Waals surface area (Å²) in [6.45, 7) is 4.79. The first-order valence-electron chi connectivity index (χ1n) is 5.96. The second-order valence-electron chi connectivity index (χ2n) is 3.94. The van der Waals surface area contributed by atoms with Crippen LogP contribution >= 0.6 is 11.3 Å². The fraction of sp³-hybridized carbons (Fsp3) is 0.500. The van der Waals surface area contributed by atoms with Crippen molar-refractivity contribution in [3.8, 4) is 0 Å². The molecule has 6 heteroatoms. The Morgan fingerprint density at radius 2 is 2.22 bits per heavy atom. The van der Waals surface area contributed by atoms with Crippen LogP contribution in [-0.2, 0) is 6.42 Å². The van der Waals surface area contributed by atoms with Gasteiger partial charge >= 0.3 is 0 Å². The molecule has 100 valence electrons. The van der Waals surface area contributed by atoms with Gasteiger partial charge in [0.15, 0.2) is 5.84 Å². The van der Waals surface area contributed by atoms with Gasteiger partial charge in [0.05, 0.1) is 11.4 Å². The molecule has 0 aliphatic rings. The van der Waals surface area contributed by atoms with Crippen LogP contribution < -0.4 is 5.73 Å². The van der Waals surface area contributed by atoms with Crippen molar-refractivity contribution in [2.75, 3.05) is 13.1 Å². The summed E-state index contributed by atoms with van der Waals surface area (Å²) < 4.78 is 0. The van der Waals surface area contributed by atoms with Crippen LogP contribution in [-0.4, -0.2) is 34.9 Å². The number of hydrogen-bond acceptors (Lipinski definition) is 4. The summed E-state index contributed by atoms with van der Waals surface area (Å²) in [4.78, 5) is 15.7. The maximum Gasteiger partial charge on any atom is 0.264 e. The van der Waals surface area contributed by atoms with Crippen molar-refractivity contribution in [3.05, 3.63) is 21.9 Å². The summed E-state index contributed by atoms with van der Waals surface area (Å²) in [5.74, 6) is -0.0165. The number of amides is 1. The van der Waals surface area contributed by atoms with Crippen LogP contribution in [0.2, 0.25) is 0 Å². The molecule has 1 rings (SSSR count). The summed E-state index contributed by atoms with van der Waals surface area (Å²) in [6, 6.07) is 3.80.